The zero-order chi connectivity index (χ0) is 38.7. The van der Waals surface area contributed by atoms with Gasteiger partial charge in [0, 0.05) is 33.6 Å². The highest BCUT2D eigenvalue weighted by atomic mass is 35.5. The summed E-state index contributed by atoms with van der Waals surface area (Å²) >= 11 is 10.8. The summed E-state index contributed by atoms with van der Waals surface area (Å²) in [6.07, 6.45) is 10.6. The normalized spacial score (nSPS) is 26.8. The van der Waals surface area contributed by atoms with Crippen LogP contribution in [0.25, 0.3) is 0 Å². The monoisotopic (exact) mass is 797 g/mol. The van der Waals surface area contributed by atoms with Crippen molar-refractivity contribution in [3.8, 4) is 5.75 Å². The topological polar surface area (TPSA) is 75.7 Å². The molecule has 4 atom stereocenters. The lowest BCUT2D eigenvalue weighted by molar-refractivity contribution is -0.119. The minimum Gasteiger partial charge on any atom is -0.495 e. The van der Waals surface area contributed by atoms with Crippen LogP contribution in [0.3, 0.4) is 0 Å². The van der Waals surface area contributed by atoms with E-state index in [1.807, 2.05) is 35.7 Å². The molecule has 8 nitrogen and oxygen atoms in total. The Labute approximate surface area is 328 Å². The highest BCUT2D eigenvalue weighted by Gasteiger charge is 2.44. The third-order valence-electron chi connectivity index (χ3n) is 10.4. The van der Waals surface area contributed by atoms with Gasteiger partial charge in [0.2, 0.25) is 5.91 Å². The Kier molecular flexibility index (Phi) is 17.9. The number of thioether (sulfide) groups is 2. The Hall–Kier alpha value is -1.28. The van der Waals surface area contributed by atoms with Crippen LogP contribution in [0.4, 0.5) is 5.69 Å². The number of carbonyl (C=O) groups is 1. The van der Waals surface area contributed by atoms with Gasteiger partial charge < -0.3 is 33.0 Å². The maximum absolute atomic E-state index is 14.3. The van der Waals surface area contributed by atoms with E-state index in [4.69, 9.17) is 39.7 Å². The zero-order valence-corrected chi connectivity index (χ0v) is 37.0. The second kappa shape index (κ2) is 20.6. The molecular formula is C40H64ClNO7S2Si. The molecule has 0 N–H and O–H groups in total. The van der Waals surface area contributed by atoms with Gasteiger partial charge in [-0.05, 0) is 79.6 Å². The summed E-state index contributed by atoms with van der Waals surface area (Å²) in [5, 5.41) is 0.352. The number of rotatable bonds is 10. The molecule has 1 spiro atoms. The fourth-order valence-corrected chi connectivity index (χ4v) is 11.3. The van der Waals surface area contributed by atoms with Gasteiger partial charge in [0.25, 0.3) is 0 Å². The summed E-state index contributed by atoms with van der Waals surface area (Å²) in [4.78, 5) is 15.9. The number of halogens is 1. The number of carbonyl (C=O) groups excluding carboxylic acids is 1. The SMILES string of the molecule is COCCOCO[C@H]1CC2(SCCCS2)[C@H](OC)/C=C/C=C(\C)Cc2cc(OC)c(Cl)c(c2)N(C)C(=O)C[C@H](O[Si](C)(C)C(C)(C)C)/C(C)=C/[C@@H]1C. The van der Waals surface area contributed by atoms with Crippen molar-refractivity contribution in [3.05, 3.63) is 58.2 Å². The third-order valence-corrected chi connectivity index (χ3v) is 18.7. The van der Waals surface area contributed by atoms with Crippen molar-refractivity contribution in [2.75, 3.05) is 64.8 Å². The van der Waals surface area contributed by atoms with E-state index in [0.29, 0.717) is 36.1 Å². The molecule has 12 heteroatoms. The van der Waals surface area contributed by atoms with Gasteiger partial charge in [-0.1, -0.05) is 69.2 Å². The molecular weight excluding hydrogens is 734 g/mol. The van der Waals surface area contributed by atoms with Crippen molar-refractivity contribution >= 4 is 55.0 Å². The quantitative estimate of drug-likeness (QED) is 0.0996. The molecule has 52 heavy (non-hydrogen) atoms. The number of hydrogen-bond donors (Lipinski definition) is 0. The van der Waals surface area contributed by atoms with Gasteiger partial charge in [-0.15, -0.1) is 23.5 Å². The lowest BCUT2D eigenvalue weighted by Crippen LogP contribution is -2.46. The highest BCUT2D eigenvalue weighted by Crippen LogP contribution is 2.50. The molecule has 1 saturated heterocycles. The first kappa shape index (κ1) is 45.1. The van der Waals surface area contributed by atoms with Gasteiger partial charge in [0.1, 0.15) is 17.6 Å². The molecule has 2 bridgehead atoms. The van der Waals surface area contributed by atoms with Crippen LogP contribution in [0.2, 0.25) is 23.2 Å². The fraction of sp³-hybridized carbons (Fsp3) is 0.675. The standard InChI is InChI=1S/C40H64ClNO7S2Si/c1-28-15-13-16-36(46-10)40(50-19-14-20-51-40)26-35(48-27-47-18-17-44-8)30(3)22-29(2)33(49-52(11,12)39(4,5)6)25-37(43)42(7)32-23-31(21-28)24-34(45-9)38(32)41/h13,15-16,22-24,30,33,35-36H,14,17-21,25-27H2,1-12H3/b16-13+,28-15+,29-22+/t30-,33-,35-,36+/m0/s1. The van der Waals surface area contributed by atoms with Gasteiger partial charge >= 0.3 is 0 Å². The maximum atomic E-state index is 14.3. The molecule has 2 aliphatic heterocycles. The number of fused-ring (bicyclic) bond motifs is 2. The van der Waals surface area contributed by atoms with Crippen LogP contribution in [0, 0.1) is 5.92 Å². The van der Waals surface area contributed by atoms with E-state index in [1.54, 1.807) is 33.3 Å². The molecule has 1 amide bonds. The number of hydrogen-bond acceptors (Lipinski definition) is 9. The predicted octanol–water partition coefficient (Wildman–Crippen LogP) is 9.71. The number of methoxy groups -OCH3 is 3. The highest BCUT2D eigenvalue weighted by molar-refractivity contribution is 8.18. The summed E-state index contributed by atoms with van der Waals surface area (Å²) in [6, 6.07) is 3.94. The number of amides is 1. The maximum Gasteiger partial charge on any atom is 0.229 e. The lowest BCUT2D eigenvalue weighted by atomic mass is 9.93. The molecule has 0 radical (unpaired) electrons. The summed E-state index contributed by atoms with van der Waals surface area (Å²) in [5.74, 6) is 2.52. The van der Waals surface area contributed by atoms with Gasteiger partial charge in [-0.2, -0.15) is 0 Å². The number of ether oxygens (including phenoxy) is 5. The molecule has 3 rings (SSSR count). The smallest absolute Gasteiger partial charge is 0.229 e. The molecule has 2 heterocycles. The van der Waals surface area contributed by atoms with Crippen LogP contribution < -0.4 is 9.64 Å². The van der Waals surface area contributed by atoms with Crippen molar-refractivity contribution in [1.29, 1.82) is 0 Å². The van der Waals surface area contributed by atoms with Gasteiger partial charge in [0.15, 0.2) is 8.32 Å². The molecule has 0 unspecified atom stereocenters. The van der Waals surface area contributed by atoms with Crippen LogP contribution in [0.15, 0.2) is 47.6 Å². The second-order valence-electron chi connectivity index (χ2n) is 15.4. The van der Waals surface area contributed by atoms with E-state index in [-0.39, 0.29) is 46.4 Å². The van der Waals surface area contributed by atoms with Crippen molar-refractivity contribution < 1.29 is 32.9 Å². The van der Waals surface area contributed by atoms with Gasteiger partial charge in [-0.25, -0.2) is 0 Å². The Balaban J connectivity index is 2.20. The number of benzene rings is 1. The molecule has 0 aliphatic carbocycles. The lowest BCUT2D eigenvalue weighted by Gasteiger charge is -2.43. The van der Waals surface area contributed by atoms with E-state index >= 15 is 0 Å². The average Bonchev–Trinajstić information content (AvgIpc) is 3.08. The van der Waals surface area contributed by atoms with Crippen molar-refractivity contribution in [3.63, 3.8) is 0 Å². The van der Waals surface area contributed by atoms with Crippen LogP contribution in [-0.4, -0.2) is 96.5 Å². The molecule has 294 valence electrons. The minimum absolute atomic E-state index is 0.0227. The summed E-state index contributed by atoms with van der Waals surface area (Å²) in [7, 11) is 4.55. The molecule has 0 saturated carbocycles. The Morgan fingerprint density at radius 2 is 1.77 bits per heavy atom. The molecule has 1 aromatic carbocycles. The van der Waals surface area contributed by atoms with E-state index in [1.165, 1.54) is 0 Å². The molecule has 2 aliphatic rings. The van der Waals surface area contributed by atoms with Gasteiger partial charge in [-0.3, -0.25) is 4.79 Å². The average molecular weight is 799 g/mol. The molecule has 1 aromatic rings. The molecule has 0 aromatic heterocycles. The van der Waals surface area contributed by atoms with Crippen LogP contribution in [0.1, 0.15) is 66.4 Å². The van der Waals surface area contributed by atoms with Gasteiger partial charge in [0.05, 0.1) is 54.8 Å². The van der Waals surface area contributed by atoms with Crippen LogP contribution in [0.5, 0.6) is 5.75 Å². The van der Waals surface area contributed by atoms with Crippen molar-refractivity contribution in [1.82, 2.24) is 0 Å². The van der Waals surface area contributed by atoms with E-state index in [9.17, 15) is 4.79 Å². The number of anilines is 1. The largest absolute Gasteiger partial charge is 0.495 e. The first-order chi connectivity index (χ1) is 24.5. The van der Waals surface area contributed by atoms with Crippen LogP contribution >= 0.6 is 35.1 Å². The third kappa shape index (κ3) is 12.4. The fourth-order valence-electron chi connectivity index (χ4n) is 6.13. The zero-order valence-electron chi connectivity index (χ0n) is 33.6. The second-order valence-corrected chi connectivity index (χ2v) is 23.7. The summed E-state index contributed by atoms with van der Waals surface area (Å²) in [6.45, 7) is 18.6. The first-order valence-corrected chi connectivity index (χ1v) is 23.6. The predicted molar refractivity (Wildman–Crippen MR) is 223 cm³/mol. The van der Waals surface area contributed by atoms with E-state index < -0.39 is 14.4 Å². The minimum atomic E-state index is -2.30. The molecule has 1 fully saturated rings. The van der Waals surface area contributed by atoms with E-state index in [0.717, 1.165) is 41.1 Å². The first-order valence-electron chi connectivity index (χ1n) is 18.3. The van der Waals surface area contributed by atoms with Crippen molar-refractivity contribution in [2.45, 2.75) is 108 Å². The Morgan fingerprint density at radius 3 is 2.38 bits per heavy atom. The summed E-state index contributed by atoms with van der Waals surface area (Å²) in [5.41, 5.74) is 3.76. The van der Waals surface area contributed by atoms with Crippen LogP contribution in [-0.2, 0) is 34.6 Å². The Morgan fingerprint density at radius 1 is 1.08 bits per heavy atom. The Bertz CT molecular complexity index is 1410. The number of allylic oxidation sites excluding steroid dienone is 3. The van der Waals surface area contributed by atoms with Crippen molar-refractivity contribution in [2.24, 2.45) is 5.92 Å². The number of nitrogens with zero attached hydrogens (tertiary/aromatic N) is 1. The van der Waals surface area contributed by atoms with E-state index in [2.05, 4.69) is 78.9 Å². The summed E-state index contributed by atoms with van der Waals surface area (Å²) < 4.78 is 36.4.